The van der Waals surface area contributed by atoms with Crippen molar-refractivity contribution >= 4 is 11.6 Å². The lowest BCUT2D eigenvalue weighted by molar-refractivity contribution is -0.124. The molecular weight excluding hydrogens is 248 g/mol. The first-order valence-electron chi connectivity index (χ1n) is 6.57. The van der Waals surface area contributed by atoms with Gasteiger partial charge in [-0.15, -0.1) is 0 Å². The zero-order valence-electron chi connectivity index (χ0n) is 11.2. The SMILES string of the molecule is CC1=C(CCO)C(=O)C23CC(C)(CO)CC2(O3)C1=O. The van der Waals surface area contributed by atoms with E-state index in [1.807, 2.05) is 6.92 Å². The zero-order chi connectivity index (χ0) is 14.1. The van der Waals surface area contributed by atoms with E-state index in [1.165, 1.54) is 0 Å². The number of hydrogen-bond donors (Lipinski definition) is 2. The summed E-state index contributed by atoms with van der Waals surface area (Å²) >= 11 is 0. The van der Waals surface area contributed by atoms with E-state index in [2.05, 4.69) is 0 Å². The highest BCUT2D eigenvalue weighted by Gasteiger charge is 2.85. The van der Waals surface area contributed by atoms with Gasteiger partial charge >= 0.3 is 0 Å². The third kappa shape index (κ3) is 1.30. The van der Waals surface area contributed by atoms with Crippen LogP contribution in [-0.2, 0) is 14.3 Å². The third-order valence-electron chi connectivity index (χ3n) is 4.86. The molecule has 2 aliphatic carbocycles. The molecule has 1 saturated carbocycles. The van der Waals surface area contributed by atoms with Crippen molar-refractivity contribution in [2.45, 2.75) is 44.3 Å². The number of epoxide rings is 1. The molecule has 1 saturated heterocycles. The van der Waals surface area contributed by atoms with Crippen LogP contribution in [-0.4, -0.2) is 46.2 Å². The quantitative estimate of drug-likeness (QED) is 0.709. The van der Waals surface area contributed by atoms with E-state index in [0.29, 0.717) is 24.0 Å². The molecule has 1 heterocycles. The Hall–Kier alpha value is -1.04. The number of carbonyl (C=O) groups is 2. The second-order valence-electron chi connectivity index (χ2n) is 6.31. The molecule has 3 unspecified atom stereocenters. The Morgan fingerprint density at radius 1 is 1.16 bits per heavy atom. The molecule has 3 atom stereocenters. The van der Waals surface area contributed by atoms with Crippen LogP contribution in [0.3, 0.4) is 0 Å². The molecule has 2 fully saturated rings. The molecule has 0 bridgehead atoms. The van der Waals surface area contributed by atoms with Crippen molar-refractivity contribution in [2.75, 3.05) is 13.2 Å². The summed E-state index contributed by atoms with van der Waals surface area (Å²) in [6, 6.07) is 0. The van der Waals surface area contributed by atoms with Crippen LogP contribution < -0.4 is 0 Å². The lowest BCUT2D eigenvalue weighted by Gasteiger charge is -2.23. The predicted octanol–water partition coefficient (Wildman–Crippen LogP) is 0.137. The van der Waals surface area contributed by atoms with Crippen molar-refractivity contribution in [3.05, 3.63) is 11.1 Å². The van der Waals surface area contributed by atoms with Gasteiger partial charge in [0.25, 0.3) is 0 Å². The molecule has 1 aliphatic heterocycles. The zero-order valence-corrected chi connectivity index (χ0v) is 11.2. The number of hydrogen-bond acceptors (Lipinski definition) is 5. The van der Waals surface area contributed by atoms with E-state index in [0.717, 1.165) is 0 Å². The molecular formula is C14H18O5. The van der Waals surface area contributed by atoms with E-state index in [9.17, 15) is 14.7 Å². The van der Waals surface area contributed by atoms with Crippen LogP contribution in [0.4, 0.5) is 0 Å². The molecule has 5 nitrogen and oxygen atoms in total. The molecule has 3 rings (SSSR count). The van der Waals surface area contributed by atoms with Gasteiger partial charge in [0.15, 0.2) is 22.8 Å². The Morgan fingerprint density at radius 3 is 2.26 bits per heavy atom. The minimum Gasteiger partial charge on any atom is -0.396 e. The van der Waals surface area contributed by atoms with Gasteiger partial charge in [-0.3, -0.25) is 9.59 Å². The Balaban J connectivity index is 2.06. The van der Waals surface area contributed by atoms with Crippen LogP contribution in [0.25, 0.3) is 0 Å². The lowest BCUT2D eigenvalue weighted by Crippen LogP contribution is -2.42. The maximum atomic E-state index is 12.6. The van der Waals surface area contributed by atoms with Crippen molar-refractivity contribution in [2.24, 2.45) is 5.41 Å². The molecule has 0 aromatic heterocycles. The Labute approximate surface area is 111 Å². The largest absolute Gasteiger partial charge is 0.396 e. The minimum atomic E-state index is -1.06. The molecule has 2 N–H and O–H groups in total. The predicted molar refractivity (Wildman–Crippen MR) is 65.4 cm³/mol. The molecule has 0 aromatic carbocycles. The Kier molecular flexibility index (Phi) is 2.41. The number of aliphatic hydroxyl groups is 2. The van der Waals surface area contributed by atoms with Crippen LogP contribution in [0.5, 0.6) is 0 Å². The van der Waals surface area contributed by atoms with Crippen LogP contribution in [0.2, 0.25) is 0 Å². The number of ketones is 2. The average Bonchev–Trinajstić information content (AvgIpc) is 2.93. The second kappa shape index (κ2) is 3.53. The summed E-state index contributed by atoms with van der Waals surface area (Å²) < 4.78 is 5.62. The van der Waals surface area contributed by atoms with Crippen LogP contribution >= 0.6 is 0 Å². The van der Waals surface area contributed by atoms with Crippen LogP contribution in [0.1, 0.15) is 33.1 Å². The third-order valence-corrected chi connectivity index (χ3v) is 4.86. The minimum absolute atomic E-state index is 0.0607. The summed E-state index contributed by atoms with van der Waals surface area (Å²) in [6.07, 6.45) is 0.960. The summed E-state index contributed by atoms with van der Waals surface area (Å²) in [5, 5.41) is 18.5. The smallest absolute Gasteiger partial charge is 0.194 e. The fourth-order valence-electron chi connectivity index (χ4n) is 3.89. The molecule has 0 radical (unpaired) electrons. The maximum Gasteiger partial charge on any atom is 0.194 e. The highest BCUT2D eigenvalue weighted by molar-refractivity contribution is 6.23. The van der Waals surface area contributed by atoms with Crippen molar-refractivity contribution in [3.63, 3.8) is 0 Å². The van der Waals surface area contributed by atoms with Crippen LogP contribution in [0, 0.1) is 5.41 Å². The average molecular weight is 266 g/mol. The van der Waals surface area contributed by atoms with Gasteiger partial charge in [0.1, 0.15) is 0 Å². The van der Waals surface area contributed by atoms with Crippen molar-refractivity contribution < 1.29 is 24.5 Å². The summed E-state index contributed by atoms with van der Waals surface area (Å²) in [6.45, 7) is 3.28. The van der Waals surface area contributed by atoms with E-state index in [1.54, 1.807) is 6.92 Å². The Bertz CT molecular complexity index is 522. The normalized spacial score (nSPS) is 44.4. The standard InChI is InChI=1S/C14H18O5/c1-8-9(3-4-15)11(18)14-6-12(2,7-16)5-13(14,19-14)10(8)17/h15-16H,3-7H2,1-2H3. The van der Waals surface area contributed by atoms with E-state index < -0.39 is 16.6 Å². The van der Waals surface area contributed by atoms with Gasteiger partial charge in [-0.25, -0.2) is 0 Å². The first-order chi connectivity index (χ1) is 8.86. The highest BCUT2D eigenvalue weighted by Crippen LogP contribution is 2.69. The van der Waals surface area contributed by atoms with Crippen LogP contribution in [0.15, 0.2) is 11.1 Å². The monoisotopic (exact) mass is 266 g/mol. The van der Waals surface area contributed by atoms with Gasteiger partial charge in [0, 0.05) is 24.4 Å². The van der Waals surface area contributed by atoms with Gasteiger partial charge in [-0.05, 0) is 31.6 Å². The first-order valence-corrected chi connectivity index (χ1v) is 6.57. The summed E-state index contributed by atoms with van der Waals surface area (Å²) in [4.78, 5) is 25.1. The van der Waals surface area contributed by atoms with Gasteiger partial charge < -0.3 is 14.9 Å². The topological polar surface area (TPSA) is 87.1 Å². The number of aliphatic hydroxyl groups excluding tert-OH is 2. The second-order valence-corrected chi connectivity index (χ2v) is 6.31. The fourth-order valence-corrected chi connectivity index (χ4v) is 3.89. The van der Waals surface area contributed by atoms with E-state index in [4.69, 9.17) is 9.84 Å². The molecule has 0 aromatic rings. The Morgan fingerprint density at radius 2 is 1.74 bits per heavy atom. The molecule has 3 aliphatic rings. The number of ether oxygens (including phenoxy) is 1. The molecule has 104 valence electrons. The molecule has 0 spiro atoms. The van der Waals surface area contributed by atoms with Crippen molar-refractivity contribution in [1.82, 2.24) is 0 Å². The summed E-state index contributed by atoms with van der Waals surface area (Å²) in [5.74, 6) is -0.316. The van der Waals surface area contributed by atoms with Crippen molar-refractivity contribution in [1.29, 1.82) is 0 Å². The number of Topliss-reactive ketones (excluding diaryl/α,β-unsaturated/α-hetero) is 2. The molecule has 19 heavy (non-hydrogen) atoms. The number of rotatable bonds is 3. The van der Waals surface area contributed by atoms with Gasteiger partial charge in [0.05, 0.1) is 0 Å². The molecule has 5 heteroatoms. The van der Waals surface area contributed by atoms with Crippen molar-refractivity contribution in [3.8, 4) is 0 Å². The number of carbonyl (C=O) groups excluding carboxylic acids is 2. The van der Waals surface area contributed by atoms with Gasteiger partial charge in [-0.1, -0.05) is 6.92 Å². The summed E-state index contributed by atoms with van der Waals surface area (Å²) in [5.41, 5.74) is -1.74. The first kappa shape index (κ1) is 13.0. The van der Waals surface area contributed by atoms with Gasteiger partial charge in [0.2, 0.25) is 0 Å². The lowest BCUT2D eigenvalue weighted by atomic mass is 9.75. The van der Waals surface area contributed by atoms with E-state index >= 15 is 0 Å². The maximum absolute atomic E-state index is 12.6. The van der Waals surface area contributed by atoms with Gasteiger partial charge in [-0.2, -0.15) is 0 Å². The molecule has 0 amide bonds. The summed E-state index contributed by atoms with van der Waals surface area (Å²) in [7, 11) is 0. The van der Waals surface area contributed by atoms with E-state index in [-0.39, 0.29) is 31.2 Å². The highest BCUT2D eigenvalue weighted by atomic mass is 16.6. The fraction of sp³-hybridized carbons (Fsp3) is 0.714.